The maximum absolute atomic E-state index is 5.98. The lowest BCUT2D eigenvalue weighted by Crippen LogP contribution is -2.28. The van der Waals surface area contributed by atoms with Crippen LogP contribution in [0, 0.1) is 0 Å². The predicted octanol–water partition coefficient (Wildman–Crippen LogP) is 2.06. The first kappa shape index (κ1) is 11.5. The second kappa shape index (κ2) is 4.98. The fraction of sp³-hybridized carbons (Fsp3) is 0.538. The van der Waals surface area contributed by atoms with E-state index >= 15 is 0 Å². The van der Waals surface area contributed by atoms with Gasteiger partial charge < -0.3 is 14.2 Å². The monoisotopic (exact) mass is 252 g/mol. The first-order chi connectivity index (χ1) is 8.38. The highest BCUT2D eigenvalue weighted by Gasteiger charge is 2.51. The van der Waals surface area contributed by atoms with Gasteiger partial charge in [0.2, 0.25) is 0 Å². The summed E-state index contributed by atoms with van der Waals surface area (Å²) in [6, 6.07) is 10.2. The van der Waals surface area contributed by atoms with Crippen LogP contribution in [0.15, 0.2) is 30.3 Å². The minimum absolute atomic E-state index is 0.0977. The molecule has 0 amide bonds. The lowest BCUT2D eigenvalue weighted by Gasteiger charge is -2.19. The van der Waals surface area contributed by atoms with Gasteiger partial charge in [0.1, 0.15) is 6.10 Å². The Morgan fingerprint density at radius 2 is 2.18 bits per heavy atom. The second-order valence-electron chi connectivity index (χ2n) is 4.34. The summed E-state index contributed by atoms with van der Waals surface area (Å²) in [5.41, 5.74) is 1.21. The number of methoxy groups -OCH3 is 1. The van der Waals surface area contributed by atoms with Gasteiger partial charge in [-0.05, 0) is 5.56 Å². The highest BCUT2D eigenvalue weighted by Crippen LogP contribution is 2.42. The topological polar surface area (TPSA) is 27.7 Å². The maximum Gasteiger partial charge on any atom is 0.172 e. The van der Waals surface area contributed by atoms with Crippen molar-refractivity contribution in [2.24, 2.45) is 0 Å². The lowest BCUT2D eigenvalue weighted by atomic mass is 10.2. The van der Waals surface area contributed by atoms with Crippen LogP contribution in [0.2, 0.25) is 0 Å². The van der Waals surface area contributed by atoms with Gasteiger partial charge in [0.05, 0.1) is 18.0 Å². The molecular formula is C13H16O3S. The van der Waals surface area contributed by atoms with Crippen LogP contribution in [0.1, 0.15) is 5.56 Å². The Hall–Kier alpha value is -0.550. The highest BCUT2D eigenvalue weighted by atomic mass is 32.2. The van der Waals surface area contributed by atoms with E-state index in [9.17, 15) is 0 Å². The number of benzene rings is 1. The van der Waals surface area contributed by atoms with Gasteiger partial charge in [0, 0.05) is 12.9 Å². The van der Waals surface area contributed by atoms with E-state index in [0.29, 0.717) is 11.9 Å². The molecule has 2 aliphatic rings. The van der Waals surface area contributed by atoms with Gasteiger partial charge in [-0.1, -0.05) is 30.3 Å². The molecule has 17 heavy (non-hydrogen) atoms. The van der Waals surface area contributed by atoms with Crippen LogP contribution in [-0.2, 0) is 20.8 Å². The minimum atomic E-state index is -0.0977. The zero-order chi connectivity index (χ0) is 11.7. The lowest BCUT2D eigenvalue weighted by molar-refractivity contribution is -0.115. The SMILES string of the molecule is CO[C@@H]1O[C@@H]2CS[C@@H]1C2OCc1ccccc1. The van der Waals surface area contributed by atoms with Gasteiger partial charge in [0.25, 0.3) is 0 Å². The maximum atomic E-state index is 5.98. The molecule has 1 unspecified atom stereocenters. The van der Waals surface area contributed by atoms with E-state index in [0.717, 1.165) is 5.75 Å². The molecule has 1 aromatic rings. The number of fused-ring (bicyclic) bond motifs is 2. The molecule has 0 radical (unpaired) electrons. The third-order valence-electron chi connectivity index (χ3n) is 3.24. The molecule has 1 aromatic carbocycles. The molecule has 2 heterocycles. The third-order valence-corrected chi connectivity index (χ3v) is 4.63. The van der Waals surface area contributed by atoms with Crippen LogP contribution in [0.25, 0.3) is 0 Å². The van der Waals surface area contributed by atoms with Gasteiger partial charge in [-0.2, -0.15) is 0 Å². The van der Waals surface area contributed by atoms with Crippen molar-refractivity contribution in [3.8, 4) is 0 Å². The van der Waals surface area contributed by atoms with E-state index in [-0.39, 0.29) is 18.5 Å². The summed E-state index contributed by atoms with van der Waals surface area (Å²) in [6.07, 6.45) is 0.267. The Morgan fingerprint density at radius 1 is 1.35 bits per heavy atom. The second-order valence-corrected chi connectivity index (χ2v) is 5.55. The first-order valence-electron chi connectivity index (χ1n) is 5.84. The molecule has 0 aliphatic carbocycles. The van der Waals surface area contributed by atoms with Crippen LogP contribution in [-0.4, -0.2) is 36.6 Å². The van der Waals surface area contributed by atoms with E-state index in [1.54, 1.807) is 7.11 Å². The van der Waals surface area contributed by atoms with Crippen molar-refractivity contribution in [2.45, 2.75) is 30.4 Å². The molecular weight excluding hydrogens is 236 g/mol. The Bertz CT molecular complexity index is 370. The van der Waals surface area contributed by atoms with Crippen LogP contribution in [0.4, 0.5) is 0 Å². The molecule has 0 aromatic heterocycles. The number of hydrogen-bond acceptors (Lipinski definition) is 4. The summed E-state index contributed by atoms with van der Waals surface area (Å²) < 4.78 is 17.0. The van der Waals surface area contributed by atoms with E-state index in [1.165, 1.54) is 5.56 Å². The molecule has 3 rings (SSSR count). The summed E-state index contributed by atoms with van der Waals surface area (Å²) in [5.74, 6) is 1.02. The van der Waals surface area contributed by atoms with Crippen molar-refractivity contribution in [3.63, 3.8) is 0 Å². The first-order valence-corrected chi connectivity index (χ1v) is 6.89. The highest BCUT2D eigenvalue weighted by molar-refractivity contribution is 8.00. The van der Waals surface area contributed by atoms with Crippen LogP contribution >= 0.6 is 11.8 Å². The molecule has 4 atom stereocenters. The molecule has 0 N–H and O–H groups in total. The fourth-order valence-electron chi connectivity index (χ4n) is 2.37. The number of ether oxygens (including phenoxy) is 3. The molecule has 2 bridgehead atoms. The predicted molar refractivity (Wildman–Crippen MR) is 66.9 cm³/mol. The summed E-state index contributed by atoms with van der Waals surface area (Å²) in [6.45, 7) is 0.652. The van der Waals surface area contributed by atoms with E-state index in [1.807, 2.05) is 30.0 Å². The standard InChI is InChI=1S/C13H16O3S/c1-14-13-12-11(10(16-13)8-17-12)15-7-9-5-3-2-4-6-9/h2-6,10-13H,7-8H2,1H3/t10-,11?,12-,13-/m1/s1. The minimum Gasteiger partial charge on any atom is -0.369 e. The van der Waals surface area contributed by atoms with Gasteiger partial charge in [0.15, 0.2) is 6.29 Å². The van der Waals surface area contributed by atoms with Gasteiger partial charge in [-0.15, -0.1) is 11.8 Å². The third kappa shape index (κ3) is 2.22. The summed E-state index contributed by atoms with van der Waals surface area (Å²) >= 11 is 1.89. The molecule has 0 spiro atoms. The van der Waals surface area contributed by atoms with Gasteiger partial charge in [-0.3, -0.25) is 0 Å². The molecule has 3 nitrogen and oxygen atoms in total. The van der Waals surface area contributed by atoms with E-state index in [2.05, 4.69) is 12.1 Å². The molecule has 2 fully saturated rings. The Morgan fingerprint density at radius 3 is 2.88 bits per heavy atom. The van der Waals surface area contributed by atoms with Crippen LogP contribution < -0.4 is 0 Å². The Balaban J connectivity index is 1.60. The molecule has 4 heteroatoms. The normalized spacial score (nSPS) is 35.4. The largest absolute Gasteiger partial charge is 0.369 e. The molecule has 2 saturated heterocycles. The van der Waals surface area contributed by atoms with Crippen molar-refractivity contribution in [2.75, 3.05) is 12.9 Å². The number of rotatable bonds is 4. The average molecular weight is 252 g/mol. The van der Waals surface area contributed by atoms with Crippen LogP contribution in [0.5, 0.6) is 0 Å². The quantitative estimate of drug-likeness (QED) is 0.820. The Kier molecular flexibility index (Phi) is 3.38. The summed E-state index contributed by atoms with van der Waals surface area (Å²) in [5, 5.41) is 0.328. The number of hydrogen-bond donors (Lipinski definition) is 0. The number of thioether (sulfide) groups is 1. The van der Waals surface area contributed by atoms with Crippen molar-refractivity contribution in [1.29, 1.82) is 0 Å². The Labute approximate surface area is 105 Å². The molecule has 0 saturated carbocycles. The van der Waals surface area contributed by atoms with E-state index < -0.39 is 0 Å². The van der Waals surface area contributed by atoms with Crippen molar-refractivity contribution >= 4 is 11.8 Å². The van der Waals surface area contributed by atoms with E-state index in [4.69, 9.17) is 14.2 Å². The van der Waals surface area contributed by atoms with Gasteiger partial charge >= 0.3 is 0 Å². The zero-order valence-electron chi connectivity index (χ0n) is 9.74. The van der Waals surface area contributed by atoms with Crippen molar-refractivity contribution in [3.05, 3.63) is 35.9 Å². The van der Waals surface area contributed by atoms with Crippen molar-refractivity contribution < 1.29 is 14.2 Å². The van der Waals surface area contributed by atoms with Crippen molar-refractivity contribution in [1.82, 2.24) is 0 Å². The average Bonchev–Trinajstić information content (AvgIpc) is 2.94. The summed E-state index contributed by atoms with van der Waals surface area (Å²) in [7, 11) is 1.69. The molecule has 2 aliphatic heterocycles. The molecule has 92 valence electrons. The fourth-order valence-corrected chi connectivity index (χ4v) is 3.82. The van der Waals surface area contributed by atoms with Crippen LogP contribution in [0.3, 0.4) is 0 Å². The summed E-state index contributed by atoms with van der Waals surface area (Å²) in [4.78, 5) is 0. The smallest absolute Gasteiger partial charge is 0.172 e. The van der Waals surface area contributed by atoms with Gasteiger partial charge in [-0.25, -0.2) is 0 Å². The zero-order valence-corrected chi connectivity index (χ0v) is 10.6.